The highest BCUT2D eigenvalue weighted by Crippen LogP contribution is 2.26. The lowest BCUT2D eigenvalue weighted by atomic mass is 10.1. The predicted molar refractivity (Wildman–Crippen MR) is 121 cm³/mol. The highest BCUT2D eigenvalue weighted by atomic mass is 32.1. The molecule has 0 spiro atoms. The van der Waals surface area contributed by atoms with E-state index in [4.69, 9.17) is 9.47 Å². The molecule has 6 heteroatoms. The van der Waals surface area contributed by atoms with Crippen molar-refractivity contribution in [2.75, 3.05) is 13.2 Å². The number of hydrogen-bond acceptors (Lipinski definition) is 5. The molecule has 1 heterocycles. The van der Waals surface area contributed by atoms with Crippen molar-refractivity contribution in [3.05, 3.63) is 65.2 Å². The van der Waals surface area contributed by atoms with Crippen LogP contribution in [-0.2, 0) is 17.6 Å². The number of carbonyl (C=O) groups excluding carboxylic acids is 1. The minimum atomic E-state index is -0.0155. The van der Waals surface area contributed by atoms with E-state index in [-0.39, 0.29) is 18.4 Å². The van der Waals surface area contributed by atoms with E-state index >= 15 is 0 Å². The third-order valence-electron chi connectivity index (χ3n) is 4.34. The molecule has 0 aliphatic carbocycles. The number of aromatic nitrogens is 1. The van der Waals surface area contributed by atoms with Crippen molar-refractivity contribution in [2.24, 2.45) is 0 Å². The summed E-state index contributed by atoms with van der Waals surface area (Å²) in [4.78, 5) is 16.9. The monoisotopic (exact) mass is 424 g/mol. The molecule has 158 valence electrons. The Hall–Kier alpha value is -2.86. The Labute approximate surface area is 182 Å². The first-order valence-electron chi connectivity index (χ1n) is 10.2. The Morgan fingerprint density at radius 3 is 2.43 bits per heavy atom. The van der Waals surface area contributed by atoms with E-state index in [1.54, 1.807) is 11.3 Å². The maximum Gasteiger partial charge on any atom is 0.226 e. The number of amides is 1. The molecule has 0 radical (unpaired) electrons. The standard InChI is InChI=1S/C24H28N2O3S/c1-4-28-21-11-7-19(8-12-21)24-26-20(16-30-24)15-23(27)25-14-13-18-5-9-22(10-6-18)29-17(2)3/h5-12,16-17H,4,13-15H2,1-3H3,(H,25,27). The lowest BCUT2D eigenvalue weighted by Gasteiger charge is -2.10. The van der Waals surface area contributed by atoms with Gasteiger partial charge in [-0.25, -0.2) is 4.98 Å². The van der Waals surface area contributed by atoms with Gasteiger partial charge in [0, 0.05) is 17.5 Å². The van der Waals surface area contributed by atoms with Gasteiger partial charge in [0.1, 0.15) is 16.5 Å². The summed E-state index contributed by atoms with van der Waals surface area (Å²) in [5.74, 6) is 1.70. The molecule has 0 fully saturated rings. The normalized spacial score (nSPS) is 10.8. The van der Waals surface area contributed by atoms with Crippen LogP contribution in [0.3, 0.4) is 0 Å². The van der Waals surface area contributed by atoms with Gasteiger partial charge in [-0.2, -0.15) is 0 Å². The molecule has 1 N–H and O–H groups in total. The molecular weight excluding hydrogens is 396 g/mol. The zero-order valence-corrected chi connectivity index (χ0v) is 18.5. The van der Waals surface area contributed by atoms with E-state index in [0.29, 0.717) is 13.2 Å². The summed E-state index contributed by atoms with van der Waals surface area (Å²) in [5.41, 5.74) is 2.98. The summed E-state index contributed by atoms with van der Waals surface area (Å²) >= 11 is 1.55. The largest absolute Gasteiger partial charge is 0.494 e. The second-order valence-corrected chi connectivity index (χ2v) is 8.05. The highest BCUT2D eigenvalue weighted by molar-refractivity contribution is 7.13. The van der Waals surface area contributed by atoms with Gasteiger partial charge in [0.15, 0.2) is 0 Å². The third-order valence-corrected chi connectivity index (χ3v) is 5.28. The number of nitrogens with one attached hydrogen (secondary N) is 1. The van der Waals surface area contributed by atoms with Gasteiger partial charge < -0.3 is 14.8 Å². The van der Waals surface area contributed by atoms with Crippen molar-refractivity contribution in [1.82, 2.24) is 10.3 Å². The van der Waals surface area contributed by atoms with Gasteiger partial charge in [0.2, 0.25) is 5.91 Å². The van der Waals surface area contributed by atoms with Crippen LogP contribution < -0.4 is 14.8 Å². The van der Waals surface area contributed by atoms with Gasteiger partial charge in [-0.15, -0.1) is 11.3 Å². The maximum absolute atomic E-state index is 12.3. The Morgan fingerprint density at radius 1 is 1.07 bits per heavy atom. The minimum absolute atomic E-state index is 0.0155. The number of hydrogen-bond donors (Lipinski definition) is 1. The molecule has 0 saturated heterocycles. The number of carbonyl (C=O) groups is 1. The lowest BCUT2D eigenvalue weighted by Crippen LogP contribution is -2.27. The summed E-state index contributed by atoms with van der Waals surface area (Å²) < 4.78 is 11.1. The summed E-state index contributed by atoms with van der Waals surface area (Å²) in [5, 5.41) is 5.83. The van der Waals surface area contributed by atoms with Crippen LogP contribution in [0.4, 0.5) is 0 Å². The molecule has 0 unspecified atom stereocenters. The van der Waals surface area contributed by atoms with E-state index in [0.717, 1.165) is 39.7 Å². The van der Waals surface area contributed by atoms with E-state index < -0.39 is 0 Å². The third kappa shape index (κ3) is 6.59. The van der Waals surface area contributed by atoms with Crippen LogP contribution in [0.25, 0.3) is 10.6 Å². The molecule has 0 aliphatic rings. The first kappa shape index (κ1) is 21.8. The van der Waals surface area contributed by atoms with Crippen molar-refractivity contribution in [1.29, 1.82) is 0 Å². The summed E-state index contributed by atoms with van der Waals surface area (Å²) in [6, 6.07) is 15.9. The molecule has 0 aliphatic heterocycles. The molecule has 5 nitrogen and oxygen atoms in total. The number of nitrogens with zero attached hydrogens (tertiary/aromatic N) is 1. The van der Waals surface area contributed by atoms with E-state index in [1.807, 2.05) is 74.7 Å². The number of rotatable bonds is 10. The lowest BCUT2D eigenvalue weighted by molar-refractivity contribution is -0.120. The number of benzene rings is 2. The van der Waals surface area contributed by atoms with Crippen LogP contribution in [0.15, 0.2) is 53.9 Å². The quantitative estimate of drug-likeness (QED) is 0.503. The van der Waals surface area contributed by atoms with Crippen molar-refractivity contribution < 1.29 is 14.3 Å². The predicted octanol–water partition coefficient (Wildman–Crippen LogP) is 4.90. The van der Waals surface area contributed by atoms with Gasteiger partial charge in [-0.3, -0.25) is 4.79 Å². The summed E-state index contributed by atoms with van der Waals surface area (Å²) in [6.45, 7) is 7.22. The second kappa shape index (κ2) is 10.8. The zero-order valence-electron chi connectivity index (χ0n) is 17.7. The Bertz CT molecular complexity index is 934. The maximum atomic E-state index is 12.3. The van der Waals surface area contributed by atoms with Crippen LogP contribution in [0.2, 0.25) is 0 Å². The van der Waals surface area contributed by atoms with Crippen LogP contribution in [-0.4, -0.2) is 30.1 Å². The summed E-state index contributed by atoms with van der Waals surface area (Å²) in [7, 11) is 0. The van der Waals surface area contributed by atoms with Crippen molar-refractivity contribution in [2.45, 2.75) is 39.7 Å². The molecule has 0 saturated carbocycles. The van der Waals surface area contributed by atoms with Crippen molar-refractivity contribution in [3.8, 4) is 22.1 Å². The fourth-order valence-corrected chi connectivity index (χ4v) is 3.79. The van der Waals surface area contributed by atoms with E-state index in [2.05, 4.69) is 10.3 Å². The molecule has 1 aromatic heterocycles. The second-order valence-electron chi connectivity index (χ2n) is 7.19. The fourth-order valence-electron chi connectivity index (χ4n) is 2.96. The Kier molecular flexibility index (Phi) is 7.85. The molecule has 3 rings (SSSR count). The Balaban J connectivity index is 1.45. The van der Waals surface area contributed by atoms with Crippen molar-refractivity contribution in [3.63, 3.8) is 0 Å². The van der Waals surface area contributed by atoms with E-state index in [1.165, 1.54) is 0 Å². The number of ether oxygens (including phenoxy) is 2. The molecular formula is C24H28N2O3S. The van der Waals surface area contributed by atoms with Gasteiger partial charge in [0.05, 0.1) is 24.8 Å². The molecule has 0 atom stereocenters. The zero-order chi connectivity index (χ0) is 21.3. The van der Waals surface area contributed by atoms with Gasteiger partial charge in [0.25, 0.3) is 0 Å². The summed E-state index contributed by atoms with van der Waals surface area (Å²) in [6.07, 6.45) is 1.23. The highest BCUT2D eigenvalue weighted by Gasteiger charge is 2.09. The molecule has 3 aromatic rings. The first-order chi connectivity index (χ1) is 14.5. The van der Waals surface area contributed by atoms with Gasteiger partial charge in [-0.1, -0.05) is 12.1 Å². The smallest absolute Gasteiger partial charge is 0.226 e. The average molecular weight is 425 g/mol. The molecule has 30 heavy (non-hydrogen) atoms. The van der Waals surface area contributed by atoms with Crippen LogP contribution >= 0.6 is 11.3 Å². The molecule has 2 aromatic carbocycles. The van der Waals surface area contributed by atoms with Gasteiger partial charge >= 0.3 is 0 Å². The van der Waals surface area contributed by atoms with Crippen LogP contribution in [0, 0.1) is 0 Å². The van der Waals surface area contributed by atoms with Crippen molar-refractivity contribution >= 4 is 17.2 Å². The first-order valence-corrected chi connectivity index (χ1v) is 11.1. The Morgan fingerprint density at radius 2 is 1.77 bits per heavy atom. The average Bonchev–Trinajstić information content (AvgIpc) is 3.18. The topological polar surface area (TPSA) is 60.5 Å². The van der Waals surface area contributed by atoms with Crippen LogP contribution in [0.1, 0.15) is 32.0 Å². The van der Waals surface area contributed by atoms with Crippen LogP contribution in [0.5, 0.6) is 11.5 Å². The number of thiazole rings is 1. The SMILES string of the molecule is CCOc1ccc(-c2nc(CC(=O)NCCc3ccc(OC(C)C)cc3)cs2)cc1. The molecule has 1 amide bonds. The fraction of sp³-hybridized carbons (Fsp3) is 0.333. The minimum Gasteiger partial charge on any atom is -0.494 e. The van der Waals surface area contributed by atoms with E-state index in [9.17, 15) is 4.79 Å². The molecule has 0 bridgehead atoms. The van der Waals surface area contributed by atoms with Gasteiger partial charge in [-0.05, 0) is 69.2 Å².